The Labute approximate surface area is 179 Å². The van der Waals surface area contributed by atoms with Crippen molar-refractivity contribution >= 4 is 69.6 Å². The van der Waals surface area contributed by atoms with Crippen LogP contribution in [0.15, 0.2) is 12.1 Å². The Balaban J connectivity index is 0.00000242. The minimum Gasteiger partial charge on any atom is -0.871 e. The van der Waals surface area contributed by atoms with Gasteiger partial charge in [0.05, 0.1) is 25.1 Å². The molecule has 0 unspecified atom stereocenters. The predicted molar refractivity (Wildman–Crippen MR) is 86.9 cm³/mol. The summed E-state index contributed by atoms with van der Waals surface area (Å²) in [5.74, 6) is -0.782. The van der Waals surface area contributed by atoms with Crippen molar-refractivity contribution in [3.05, 3.63) is 53.4 Å². The van der Waals surface area contributed by atoms with Gasteiger partial charge >= 0.3 is 29.6 Å². The van der Waals surface area contributed by atoms with Gasteiger partial charge < -0.3 is 10.2 Å². The van der Waals surface area contributed by atoms with Crippen molar-refractivity contribution in [3.8, 4) is 11.5 Å². The van der Waals surface area contributed by atoms with E-state index in [0.717, 1.165) is 0 Å². The van der Waals surface area contributed by atoms with Gasteiger partial charge in [-0.15, -0.1) is 0 Å². The van der Waals surface area contributed by atoms with Gasteiger partial charge in [-0.1, -0.05) is 75.4 Å². The largest absolute Gasteiger partial charge is 1.00 e. The molecule has 0 saturated carbocycles. The van der Waals surface area contributed by atoms with Gasteiger partial charge in [-0.05, 0) is 17.7 Å². The topological polar surface area (TPSA) is 43.3 Å². The predicted octanol–water partition coefficient (Wildman–Crippen LogP) is 2.98. The molecule has 0 bridgehead atoms. The quantitative estimate of drug-likeness (QED) is 0.590. The second kappa shape index (κ2) is 8.24. The average molecular weight is 429 g/mol. The Morgan fingerprint density at radius 2 is 1.23 bits per heavy atom. The molecule has 0 fully saturated rings. The van der Waals surface area contributed by atoms with Crippen molar-refractivity contribution in [2.45, 2.75) is 6.42 Å². The molecule has 0 aliphatic rings. The van der Waals surface area contributed by atoms with Gasteiger partial charge in [-0.2, -0.15) is 0 Å². The molecule has 112 valence electrons. The Kier molecular flexibility index (Phi) is 7.80. The smallest absolute Gasteiger partial charge is 0.871 e. The third-order valence-electron chi connectivity index (χ3n) is 2.81. The summed E-state index contributed by atoms with van der Waals surface area (Å²) in [6.07, 6.45) is -0.108. The first kappa shape index (κ1) is 20.8. The molecule has 2 rings (SSSR count). The number of hydrogen-bond donors (Lipinski definition) is 1. The molecule has 2 nitrogen and oxygen atoms in total. The molecule has 2 aromatic carbocycles. The Bertz CT molecular complexity index is 621. The fraction of sp³-hybridized carbons (Fsp3) is 0.0769. The van der Waals surface area contributed by atoms with Gasteiger partial charge in [-0.3, -0.25) is 0 Å². The van der Waals surface area contributed by atoms with E-state index in [0.29, 0.717) is 0 Å². The number of halogens is 6. The van der Waals surface area contributed by atoms with Crippen molar-refractivity contribution in [1.82, 2.24) is 0 Å². The molecule has 0 aromatic heterocycles. The van der Waals surface area contributed by atoms with E-state index in [-0.39, 0.29) is 83.0 Å². The summed E-state index contributed by atoms with van der Waals surface area (Å²) in [5.41, 5.74) is 0.274. The molecule has 0 amide bonds. The van der Waals surface area contributed by atoms with E-state index in [1.54, 1.807) is 0 Å². The van der Waals surface area contributed by atoms with Crippen LogP contribution in [-0.2, 0) is 6.42 Å². The zero-order valence-corrected chi connectivity index (χ0v) is 17.5. The zero-order chi connectivity index (χ0) is 15.9. The van der Waals surface area contributed by atoms with Crippen molar-refractivity contribution in [1.29, 1.82) is 0 Å². The van der Waals surface area contributed by atoms with Crippen LogP contribution in [0.4, 0.5) is 0 Å². The normalized spacial score (nSPS) is 10.5. The summed E-state index contributed by atoms with van der Waals surface area (Å²) in [4.78, 5) is 0. The minimum absolute atomic E-state index is 0. The van der Waals surface area contributed by atoms with E-state index in [4.69, 9.17) is 69.6 Å². The van der Waals surface area contributed by atoms with Crippen LogP contribution in [0, 0.1) is 0 Å². The zero-order valence-electron chi connectivity index (χ0n) is 11.0. The first-order chi connectivity index (χ1) is 9.73. The van der Waals surface area contributed by atoms with E-state index >= 15 is 0 Å². The van der Waals surface area contributed by atoms with Crippen molar-refractivity contribution < 1.29 is 39.8 Å². The van der Waals surface area contributed by atoms with Crippen molar-refractivity contribution in [2.75, 3.05) is 0 Å². The first-order valence-electron chi connectivity index (χ1n) is 5.42. The number of aromatic hydroxyl groups is 1. The molecule has 0 atom stereocenters. The van der Waals surface area contributed by atoms with Gasteiger partial charge in [0, 0.05) is 17.0 Å². The van der Waals surface area contributed by atoms with Gasteiger partial charge in [0.1, 0.15) is 5.75 Å². The first-order valence-corrected chi connectivity index (χ1v) is 7.69. The van der Waals surface area contributed by atoms with Gasteiger partial charge in [0.2, 0.25) is 0 Å². The molecular formula is C13H5Cl6NaO2. The van der Waals surface area contributed by atoms with Crippen LogP contribution in [0.3, 0.4) is 0 Å². The molecular weight excluding hydrogens is 424 g/mol. The van der Waals surface area contributed by atoms with Crippen LogP contribution >= 0.6 is 69.6 Å². The molecule has 0 spiro atoms. The fourth-order valence-electron chi connectivity index (χ4n) is 1.76. The molecule has 1 N–H and O–H groups in total. The van der Waals surface area contributed by atoms with Crippen LogP contribution in [0.25, 0.3) is 0 Å². The van der Waals surface area contributed by atoms with Crippen LogP contribution in [0.1, 0.15) is 11.1 Å². The molecule has 0 heterocycles. The third-order valence-corrected chi connectivity index (χ3v) is 5.03. The van der Waals surface area contributed by atoms with Gasteiger partial charge in [-0.25, -0.2) is 0 Å². The number of phenolic OH excluding ortho intramolecular Hbond substituents is 1. The summed E-state index contributed by atoms with van der Waals surface area (Å²) in [7, 11) is 0. The SMILES string of the molecule is [Na+].[O-]c1c(Cl)cc(Cl)c(Cl)c1Cc1c(O)c(Cl)cc(Cl)c1Cl. The maximum absolute atomic E-state index is 12.1. The fourth-order valence-corrected chi connectivity index (χ4v) is 3.18. The summed E-state index contributed by atoms with van der Waals surface area (Å²) >= 11 is 35.5. The molecule has 0 aliphatic heterocycles. The number of benzene rings is 2. The third kappa shape index (κ3) is 4.05. The minimum atomic E-state index is -0.502. The summed E-state index contributed by atoms with van der Waals surface area (Å²) in [6.45, 7) is 0. The number of phenols is 1. The second-order valence-corrected chi connectivity index (χ2v) is 6.50. The van der Waals surface area contributed by atoms with Crippen LogP contribution in [-0.4, -0.2) is 5.11 Å². The maximum atomic E-state index is 12.1. The monoisotopic (exact) mass is 426 g/mol. The number of hydrogen-bond acceptors (Lipinski definition) is 2. The van der Waals surface area contributed by atoms with Crippen LogP contribution in [0.5, 0.6) is 11.5 Å². The molecule has 22 heavy (non-hydrogen) atoms. The maximum Gasteiger partial charge on any atom is 1.00 e. The summed E-state index contributed by atoms with van der Waals surface area (Å²) < 4.78 is 0. The van der Waals surface area contributed by atoms with E-state index in [1.165, 1.54) is 12.1 Å². The Hall–Kier alpha value is 0.780. The van der Waals surface area contributed by atoms with E-state index < -0.39 is 5.75 Å². The molecule has 0 saturated heterocycles. The van der Waals surface area contributed by atoms with Crippen molar-refractivity contribution in [2.24, 2.45) is 0 Å². The van der Waals surface area contributed by atoms with Crippen LogP contribution in [0.2, 0.25) is 30.1 Å². The van der Waals surface area contributed by atoms with E-state index in [1.807, 2.05) is 0 Å². The molecule has 0 radical (unpaired) electrons. The average Bonchev–Trinajstić information content (AvgIpc) is 2.42. The standard InChI is InChI=1S/C13H6Cl6O2.Na/c14-6-2-8(16)12(20)4(10(6)18)1-5-11(19)7(15)3-9(17)13(5)21;/h2-3,20-21H,1H2;/q;+1/p-1. The molecule has 2 aromatic rings. The second-order valence-electron chi connectivity index (χ2n) is 4.12. The van der Waals surface area contributed by atoms with E-state index in [9.17, 15) is 10.2 Å². The summed E-state index contributed by atoms with van der Waals surface area (Å²) in [5, 5.41) is 22.4. The van der Waals surface area contributed by atoms with E-state index in [2.05, 4.69) is 0 Å². The summed E-state index contributed by atoms with van der Waals surface area (Å²) in [6, 6.07) is 2.55. The van der Waals surface area contributed by atoms with Gasteiger partial charge in [0.25, 0.3) is 0 Å². The van der Waals surface area contributed by atoms with Gasteiger partial charge in [0.15, 0.2) is 0 Å². The number of rotatable bonds is 2. The molecule has 0 aliphatic carbocycles. The Morgan fingerprint density at radius 1 is 0.773 bits per heavy atom. The van der Waals surface area contributed by atoms with Crippen molar-refractivity contribution in [3.63, 3.8) is 0 Å². The van der Waals surface area contributed by atoms with Crippen LogP contribution < -0.4 is 34.7 Å². The Morgan fingerprint density at radius 3 is 1.77 bits per heavy atom. The molecule has 9 heteroatoms.